The number of hydrogen-bond acceptors (Lipinski definition) is 7. The van der Waals surface area contributed by atoms with Crippen LogP contribution < -0.4 is 0 Å². The first-order valence-corrected chi connectivity index (χ1v) is 11.9. The van der Waals surface area contributed by atoms with Crippen LogP contribution in [-0.2, 0) is 9.59 Å². The number of allylic oxidation sites excluding steroid dienone is 2. The summed E-state index contributed by atoms with van der Waals surface area (Å²) in [4.78, 5) is 64.4. The van der Waals surface area contributed by atoms with E-state index in [0.29, 0.717) is 16.7 Å². The van der Waals surface area contributed by atoms with E-state index < -0.39 is 46.8 Å². The van der Waals surface area contributed by atoms with E-state index >= 15 is 0 Å². The third-order valence-corrected chi connectivity index (χ3v) is 8.44. The molecule has 0 radical (unpaired) electrons. The zero-order valence-corrected chi connectivity index (χ0v) is 18.6. The van der Waals surface area contributed by atoms with E-state index in [2.05, 4.69) is 0 Å². The Kier molecular flexibility index (Phi) is 4.57. The van der Waals surface area contributed by atoms with Gasteiger partial charge in [-0.05, 0) is 53.7 Å². The Hall–Kier alpha value is -3.66. The number of hydrazine groups is 1. The van der Waals surface area contributed by atoms with Crippen molar-refractivity contribution in [2.45, 2.75) is 6.42 Å². The number of carbonyl (C=O) groups is 4. The molecule has 1 aliphatic heterocycles. The third kappa shape index (κ3) is 2.98. The average molecular weight is 477 g/mol. The van der Waals surface area contributed by atoms with Gasteiger partial charge in [-0.3, -0.25) is 29.3 Å². The number of ketones is 1. The topological polar surface area (TPSA) is 118 Å². The number of carbonyl (C=O) groups excluding carboxylic acids is 4. The molecule has 172 valence electrons. The smallest absolute Gasteiger partial charge is 0.273 e. The van der Waals surface area contributed by atoms with Crippen molar-refractivity contribution in [2.24, 2.45) is 35.5 Å². The first-order chi connectivity index (χ1) is 16.4. The lowest BCUT2D eigenvalue weighted by molar-refractivity contribution is -0.384. The number of hydrogen-bond donors (Lipinski definition) is 0. The van der Waals surface area contributed by atoms with Gasteiger partial charge in [0.25, 0.3) is 23.4 Å². The second-order valence-electron chi connectivity index (χ2n) is 9.21. The molecular weight excluding hydrogens is 458 g/mol. The number of imide groups is 1. The lowest BCUT2D eigenvalue weighted by Gasteiger charge is -2.37. The van der Waals surface area contributed by atoms with Crippen LogP contribution in [0.25, 0.3) is 0 Å². The van der Waals surface area contributed by atoms with Gasteiger partial charge in [0.05, 0.1) is 21.6 Å². The highest BCUT2D eigenvalue weighted by molar-refractivity contribution is 7.12. The maximum atomic E-state index is 13.6. The zero-order chi connectivity index (χ0) is 23.7. The molecule has 2 saturated carbocycles. The molecule has 0 N–H and O–H groups in total. The van der Waals surface area contributed by atoms with Crippen LogP contribution in [0.4, 0.5) is 5.69 Å². The molecule has 0 unspecified atom stereocenters. The minimum absolute atomic E-state index is 0.0224. The van der Waals surface area contributed by atoms with E-state index in [1.54, 1.807) is 17.5 Å². The van der Waals surface area contributed by atoms with Crippen LogP contribution in [0.5, 0.6) is 0 Å². The lowest BCUT2D eigenvalue weighted by atomic mass is 9.63. The molecule has 1 saturated heterocycles. The Morgan fingerprint density at radius 2 is 1.65 bits per heavy atom. The molecule has 0 spiro atoms. The highest BCUT2D eigenvalue weighted by atomic mass is 32.1. The Balaban J connectivity index is 1.36. The molecule has 1 aromatic heterocycles. The van der Waals surface area contributed by atoms with E-state index in [4.69, 9.17) is 0 Å². The minimum atomic E-state index is -0.731. The first kappa shape index (κ1) is 20.9. The van der Waals surface area contributed by atoms with Crippen molar-refractivity contribution in [3.63, 3.8) is 0 Å². The van der Waals surface area contributed by atoms with Crippen molar-refractivity contribution < 1.29 is 24.1 Å². The monoisotopic (exact) mass is 477 g/mol. The highest BCUT2D eigenvalue weighted by Crippen LogP contribution is 2.65. The number of non-ortho nitro benzene ring substituents is 1. The summed E-state index contributed by atoms with van der Waals surface area (Å²) < 4.78 is 0. The van der Waals surface area contributed by atoms with Crippen molar-refractivity contribution in [3.8, 4) is 0 Å². The number of Topliss-reactive ketones (excluding diaryl/α,β-unsaturated/α-hetero) is 1. The number of thiophene rings is 1. The van der Waals surface area contributed by atoms with Crippen LogP contribution in [0, 0.1) is 45.6 Å². The van der Waals surface area contributed by atoms with Gasteiger partial charge in [0.1, 0.15) is 6.54 Å². The van der Waals surface area contributed by atoms with Gasteiger partial charge >= 0.3 is 0 Å². The minimum Gasteiger partial charge on any atom is -0.291 e. The second-order valence-corrected chi connectivity index (χ2v) is 10.2. The Labute approximate surface area is 197 Å². The van der Waals surface area contributed by atoms with Gasteiger partial charge < -0.3 is 0 Å². The van der Waals surface area contributed by atoms with Gasteiger partial charge in [-0.2, -0.15) is 5.01 Å². The van der Waals surface area contributed by atoms with Gasteiger partial charge in [0.2, 0.25) is 0 Å². The fourth-order valence-electron chi connectivity index (χ4n) is 5.94. The molecule has 34 heavy (non-hydrogen) atoms. The van der Waals surface area contributed by atoms with Gasteiger partial charge in [-0.25, -0.2) is 5.01 Å². The van der Waals surface area contributed by atoms with Crippen molar-refractivity contribution >= 4 is 40.5 Å². The summed E-state index contributed by atoms with van der Waals surface area (Å²) in [7, 11) is 0. The Morgan fingerprint density at radius 1 is 1.03 bits per heavy atom. The van der Waals surface area contributed by atoms with Crippen LogP contribution >= 0.6 is 11.3 Å². The number of amides is 3. The second kappa shape index (κ2) is 7.42. The molecule has 2 bridgehead atoms. The summed E-state index contributed by atoms with van der Waals surface area (Å²) in [6, 6.07) is 8.21. The molecule has 3 fully saturated rings. The van der Waals surface area contributed by atoms with E-state index in [9.17, 15) is 29.3 Å². The number of nitro benzene ring substituents is 1. The summed E-state index contributed by atoms with van der Waals surface area (Å²) in [5, 5.41) is 14.5. The molecule has 6 atom stereocenters. The normalized spacial score (nSPS) is 30.2. The molecular formula is C24H19N3O6S. The molecule has 7 rings (SSSR count). The molecule has 2 aromatic rings. The number of rotatable bonds is 6. The van der Waals surface area contributed by atoms with E-state index in [1.807, 2.05) is 12.2 Å². The predicted molar refractivity (Wildman–Crippen MR) is 119 cm³/mol. The molecule has 5 aliphatic rings. The summed E-state index contributed by atoms with van der Waals surface area (Å²) in [6.45, 7) is -0.483. The summed E-state index contributed by atoms with van der Waals surface area (Å²) >= 11 is 1.21. The third-order valence-electron chi connectivity index (χ3n) is 7.53. The van der Waals surface area contributed by atoms with Crippen LogP contribution in [0.2, 0.25) is 0 Å². The summed E-state index contributed by atoms with van der Waals surface area (Å²) in [6.07, 6.45) is 5.08. The number of nitrogens with zero attached hydrogens (tertiary/aromatic N) is 3. The number of benzene rings is 1. The maximum Gasteiger partial charge on any atom is 0.273 e. The fraction of sp³-hybridized carbons (Fsp3) is 0.333. The maximum absolute atomic E-state index is 13.6. The van der Waals surface area contributed by atoms with Crippen LogP contribution in [0.3, 0.4) is 0 Å². The van der Waals surface area contributed by atoms with Crippen molar-refractivity contribution in [1.29, 1.82) is 0 Å². The van der Waals surface area contributed by atoms with E-state index in [-0.39, 0.29) is 23.1 Å². The fourth-order valence-corrected chi connectivity index (χ4v) is 6.60. The molecule has 10 heteroatoms. The quantitative estimate of drug-likeness (QED) is 0.208. The molecule has 4 aliphatic carbocycles. The molecule has 2 heterocycles. The first-order valence-electron chi connectivity index (χ1n) is 11.1. The van der Waals surface area contributed by atoms with Gasteiger partial charge in [0.15, 0.2) is 5.78 Å². The largest absolute Gasteiger partial charge is 0.291 e. The van der Waals surface area contributed by atoms with Crippen LogP contribution in [-0.4, -0.2) is 45.0 Å². The SMILES string of the molecule is O=C(CN(C(=O)c1ccc([N+](=O)[O-])cc1)N1C(=O)[C@@H]2[C@H]3C=C[C@@H]([C@@H]4C[C@@H]34)[C@H]2C1=O)c1cccs1. The predicted octanol–water partition coefficient (Wildman–Crippen LogP) is 2.95. The van der Waals surface area contributed by atoms with Gasteiger partial charge in [-0.1, -0.05) is 18.2 Å². The van der Waals surface area contributed by atoms with Gasteiger partial charge in [-0.15, -0.1) is 11.3 Å². The Bertz CT molecular complexity index is 1230. The molecule has 3 amide bonds. The van der Waals surface area contributed by atoms with E-state index in [0.717, 1.165) is 16.4 Å². The standard InChI is InChI=1S/C24H19N3O6S/c28-18(19-2-1-9-34-19)11-25(22(29)12-3-5-13(6-4-12)27(32)33)26-23(30)20-14-7-8-15(17-10-16(14)17)21(20)24(26)31/h1-9,14-17,20-21H,10-11H2/t14-,15-,16-,17-,20+,21+/m0/s1. The van der Waals surface area contributed by atoms with Crippen molar-refractivity contribution in [1.82, 2.24) is 10.0 Å². The lowest BCUT2D eigenvalue weighted by Crippen LogP contribution is -2.52. The average Bonchev–Trinajstić information content (AvgIpc) is 3.41. The summed E-state index contributed by atoms with van der Waals surface area (Å²) in [5.74, 6) is -2.31. The molecule has 1 aromatic carbocycles. The van der Waals surface area contributed by atoms with Gasteiger partial charge in [0, 0.05) is 17.7 Å². The number of nitro groups is 1. The highest BCUT2D eigenvalue weighted by Gasteiger charge is 2.68. The van der Waals surface area contributed by atoms with Crippen LogP contribution in [0.15, 0.2) is 53.9 Å². The summed E-state index contributed by atoms with van der Waals surface area (Å²) in [5.41, 5.74) is -0.150. The zero-order valence-electron chi connectivity index (χ0n) is 17.8. The van der Waals surface area contributed by atoms with E-state index in [1.165, 1.54) is 35.6 Å². The van der Waals surface area contributed by atoms with Crippen molar-refractivity contribution in [2.75, 3.05) is 6.54 Å². The van der Waals surface area contributed by atoms with Crippen molar-refractivity contribution in [3.05, 3.63) is 74.5 Å². The Morgan fingerprint density at radius 3 is 2.18 bits per heavy atom. The van der Waals surface area contributed by atoms with Crippen LogP contribution in [0.1, 0.15) is 26.5 Å². The molecule has 9 nitrogen and oxygen atoms in total.